The van der Waals surface area contributed by atoms with Crippen molar-refractivity contribution in [1.29, 1.82) is 0 Å². The Labute approximate surface area is 134 Å². The van der Waals surface area contributed by atoms with Crippen molar-refractivity contribution in [2.45, 2.75) is 58.2 Å². The first-order valence-corrected chi connectivity index (χ1v) is 8.45. The summed E-state index contributed by atoms with van der Waals surface area (Å²) < 4.78 is 11.4. The van der Waals surface area contributed by atoms with E-state index in [1.165, 1.54) is 32.1 Å². The minimum Gasteiger partial charge on any atom is -0.363 e. The van der Waals surface area contributed by atoms with Crippen molar-refractivity contribution in [3.63, 3.8) is 0 Å². The Morgan fingerprint density at radius 2 is 1.73 bits per heavy atom. The molecule has 1 aliphatic rings. The fourth-order valence-corrected chi connectivity index (χ4v) is 2.91. The standard InChI is InChI=1S/C17H29N3O2/c1-5-21-17(22-6-2)16-18-14(12-15(19-16)20(3)4)13-10-8-7-9-11-13/h12-13,17H,5-11H2,1-4H3. The van der Waals surface area contributed by atoms with Gasteiger partial charge in [0.25, 0.3) is 0 Å². The maximum atomic E-state index is 5.68. The molecule has 5 heteroatoms. The number of hydrogen-bond donors (Lipinski definition) is 0. The van der Waals surface area contributed by atoms with E-state index in [0.29, 0.717) is 25.0 Å². The molecular weight excluding hydrogens is 278 g/mol. The number of ether oxygens (including phenoxy) is 2. The molecule has 1 heterocycles. The molecular formula is C17H29N3O2. The SMILES string of the molecule is CCOC(OCC)c1nc(C2CCCCC2)cc(N(C)C)n1. The van der Waals surface area contributed by atoms with Gasteiger partial charge in [0, 0.05) is 45.0 Å². The van der Waals surface area contributed by atoms with Crippen LogP contribution in [0.1, 0.15) is 69.7 Å². The van der Waals surface area contributed by atoms with Gasteiger partial charge in [-0.25, -0.2) is 9.97 Å². The number of hydrogen-bond acceptors (Lipinski definition) is 5. The molecule has 5 nitrogen and oxygen atoms in total. The second kappa shape index (κ2) is 8.44. The summed E-state index contributed by atoms with van der Waals surface area (Å²) in [5.41, 5.74) is 1.14. The van der Waals surface area contributed by atoms with Crippen LogP contribution in [0.15, 0.2) is 6.07 Å². The molecule has 2 rings (SSSR count). The molecule has 0 aliphatic heterocycles. The van der Waals surface area contributed by atoms with Gasteiger partial charge in [-0.2, -0.15) is 0 Å². The fourth-order valence-electron chi connectivity index (χ4n) is 2.91. The molecule has 0 atom stereocenters. The van der Waals surface area contributed by atoms with Crippen LogP contribution in [0.5, 0.6) is 0 Å². The highest BCUT2D eigenvalue weighted by molar-refractivity contribution is 5.39. The van der Waals surface area contributed by atoms with E-state index in [0.717, 1.165) is 11.5 Å². The summed E-state index contributed by atoms with van der Waals surface area (Å²) in [6.45, 7) is 5.09. The third-order valence-corrected chi connectivity index (χ3v) is 4.08. The predicted octanol–water partition coefficient (Wildman–Crippen LogP) is 3.66. The lowest BCUT2D eigenvalue weighted by Crippen LogP contribution is -2.19. The van der Waals surface area contributed by atoms with E-state index in [1.807, 2.05) is 32.8 Å². The minimum absolute atomic E-state index is 0.475. The van der Waals surface area contributed by atoms with Gasteiger partial charge in [0.1, 0.15) is 5.82 Å². The Hall–Kier alpha value is -1.20. The highest BCUT2D eigenvalue weighted by atomic mass is 16.7. The van der Waals surface area contributed by atoms with E-state index in [9.17, 15) is 0 Å². The zero-order valence-electron chi connectivity index (χ0n) is 14.3. The molecule has 1 saturated carbocycles. The molecule has 0 aromatic carbocycles. The number of nitrogens with zero attached hydrogens (tertiary/aromatic N) is 3. The zero-order chi connectivity index (χ0) is 15.9. The van der Waals surface area contributed by atoms with Crippen LogP contribution in [0, 0.1) is 0 Å². The van der Waals surface area contributed by atoms with Crippen molar-refractivity contribution in [3.8, 4) is 0 Å². The Balaban J connectivity index is 2.32. The summed E-state index contributed by atoms with van der Waals surface area (Å²) in [6, 6.07) is 2.12. The van der Waals surface area contributed by atoms with Crippen LogP contribution in [-0.2, 0) is 9.47 Å². The van der Waals surface area contributed by atoms with Crippen LogP contribution in [0.25, 0.3) is 0 Å². The molecule has 1 aromatic rings. The van der Waals surface area contributed by atoms with Gasteiger partial charge in [-0.05, 0) is 26.7 Å². The summed E-state index contributed by atoms with van der Waals surface area (Å²) in [6.07, 6.45) is 5.89. The van der Waals surface area contributed by atoms with Gasteiger partial charge in [0.2, 0.25) is 6.29 Å². The first-order valence-electron chi connectivity index (χ1n) is 8.45. The van der Waals surface area contributed by atoms with Crippen LogP contribution in [0.4, 0.5) is 5.82 Å². The van der Waals surface area contributed by atoms with Crippen LogP contribution in [-0.4, -0.2) is 37.3 Å². The van der Waals surface area contributed by atoms with Crippen molar-refractivity contribution in [2.24, 2.45) is 0 Å². The first-order chi connectivity index (χ1) is 10.7. The highest BCUT2D eigenvalue weighted by Crippen LogP contribution is 2.33. The van der Waals surface area contributed by atoms with Gasteiger partial charge in [-0.15, -0.1) is 0 Å². The molecule has 1 aliphatic carbocycles. The normalized spacial score (nSPS) is 16.2. The monoisotopic (exact) mass is 307 g/mol. The van der Waals surface area contributed by atoms with Crippen molar-refractivity contribution >= 4 is 5.82 Å². The molecule has 124 valence electrons. The smallest absolute Gasteiger partial charge is 0.219 e. The van der Waals surface area contributed by atoms with E-state index < -0.39 is 6.29 Å². The lowest BCUT2D eigenvalue weighted by molar-refractivity contribution is -0.145. The van der Waals surface area contributed by atoms with E-state index in [-0.39, 0.29) is 0 Å². The van der Waals surface area contributed by atoms with Crippen LogP contribution < -0.4 is 4.90 Å². The van der Waals surface area contributed by atoms with Crippen molar-refractivity contribution < 1.29 is 9.47 Å². The topological polar surface area (TPSA) is 47.5 Å². The van der Waals surface area contributed by atoms with E-state index >= 15 is 0 Å². The van der Waals surface area contributed by atoms with Crippen molar-refractivity contribution in [1.82, 2.24) is 9.97 Å². The minimum atomic E-state index is -0.475. The average Bonchev–Trinajstić information content (AvgIpc) is 2.55. The van der Waals surface area contributed by atoms with Gasteiger partial charge in [0.15, 0.2) is 5.82 Å². The molecule has 0 amide bonds. The summed E-state index contributed by atoms with van der Waals surface area (Å²) in [7, 11) is 4.01. The third kappa shape index (κ3) is 4.40. The molecule has 1 fully saturated rings. The number of anilines is 1. The second-order valence-electron chi connectivity index (χ2n) is 5.98. The molecule has 1 aromatic heterocycles. The molecule has 0 N–H and O–H groups in total. The van der Waals surface area contributed by atoms with Gasteiger partial charge >= 0.3 is 0 Å². The Morgan fingerprint density at radius 3 is 2.27 bits per heavy atom. The molecule has 0 saturated heterocycles. The number of rotatable bonds is 7. The van der Waals surface area contributed by atoms with Gasteiger partial charge < -0.3 is 14.4 Å². The predicted molar refractivity (Wildman–Crippen MR) is 88.2 cm³/mol. The van der Waals surface area contributed by atoms with Gasteiger partial charge in [-0.1, -0.05) is 19.3 Å². The summed E-state index contributed by atoms with van der Waals surface area (Å²) in [5.74, 6) is 2.11. The summed E-state index contributed by atoms with van der Waals surface area (Å²) in [5, 5.41) is 0. The molecule has 22 heavy (non-hydrogen) atoms. The molecule has 0 unspecified atom stereocenters. The second-order valence-corrected chi connectivity index (χ2v) is 5.98. The largest absolute Gasteiger partial charge is 0.363 e. The van der Waals surface area contributed by atoms with Gasteiger partial charge in [-0.3, -0.25) is 0 Å². The lowest BCUT2D eigenvalue weighted by atomic mass is 9.87. The quantitative estimate of drug-likeness (QED) is 0.719. The summed E-state index contributed by atoms with van der Waals surface area (Å²) >= 11 is 0. The third-order valence-electron chi connectivity index (χ3n) is 4.08. The summed E-state index contributed by atoms with van der Waals surface area (Å²) in [4.78, 5) is 11.4. The van der Waals surface area contributed by atoms with E-state index in [4.69, 9.17) is 14.5 Å². The number of aromatic nitrogens is 2. The van der Waals surface area contributed by atoms with Crippen LogP contribution >= 0.6 is 0 Å². The van der Waals surface area contributed by atoms with E-state index in [1.54, 1.807) is 0 Å². The maximum absolute atomic E-state index is 5.68. The Bertz CT molecular complexity index is 453. The molecule has 0 spiro atoms. The highest BCUT2D eigenvalue weighted by Gasteiger charge is 2.22. The van der Waals surface area contributed by atoms with Gasteiger partial charge in [0.05, 0.1) is 0 Å². The zero-order valence-corrected chi connectivity index (χ0v) is 14.3. The van der Waals surface area contributed by atoms with Crippen LogP contribution in [0.2, 0.25) is 0 Å². The van der Waals surface area contributed by atoms with Crippen LogP contribution in [0.3, 0.4) is 0 Å². The van der Waals surface area contributed by atoms with Crippen molar-refractivity contribution in [2.75, 3.05) is 32.2 Å². The fraction of sp³-hybridized carbons (Fsp3) is 0.765. The van der Waals surface area contributed by atoms with E-state index in [2.05, 4.69) is 11.1 Å². The Kier molecular flexibility index (Phi) is 6.58. The average molecular weight is 307 g/mol. The molecule has 0 radical (unpaired) electrons. The Morgan fingerprint density at radius 1 is 1.09 bits per heavy atom. The first kappa shape index (κ1) is 17.2. The molecule has 0 bridgehead atoms. The van der Waals surface area contributed by atoms with Crippen molar-refractivity contribution in [3.05, 3.63) is 17.6 Å². The maximum Gasteiger partial charge on any atom is 0.219 e. The lowest BCUT2D eigenvalue weighted by Gasteiger charge is -2.24.